The van der Waals surface area contributed by atoms with Crippen molar-refractivity contribution in [1.82, 2.24) is 5.32 Å². The molecule has 3 N–H and O–H groups in total. The summed E-state index contributed by atoms with van der Waals surface area (Å²) in [7, 11) is 0. The lowest BCUT2D eigenvalue weighted by Gasteiger charge is -2.07. The highest BCUT2D eigenvalue weighted by Crippen LogP contribution is 2.25. The Kier molecular flexibility index (Phi) is 5.60. The van der Waals surface area contributed by atoms with Crippen LogP contribution >= 0.6 is 31.9 Å². The molecule has 5 nitrogen and oxygen atoms in total. The topological polar surface area (TPSA) is 78.4 Å². The standard InChI is InChI=1S/C10H10Br2N2O3/c11-6-1-2-8(7(12)3-6)14-9(15)4-13-5-10(16)17/h1-3,13H,4-5H2,(H,14,15)(H,16,17). The predicted octanol–water partition coefficient (Wildman–Crippen LogP) is 1.82. The molecule has 0 atom stereocenters. The molecule has 0 spiro atoms. The van der Waals surface area contributed by atoms with Gasteiger partial charge in [0.05, 0.1) is 18.8 Å². The summed E-state index contributed by atoms with van der Waals surface area (Å²) in [6.07, 6.45) is 0. The van der Waals surface area contributed by atoms with Gasteiger partial charge >= 0.3 is 5.97 Å². The molecule has 1 rings (SSSR count). The van der Waals surface area contributed by atoms with Gasteiger partial charge in [-0.3, -0.25) is 14.9 Å². The van der Waals surface area contributed by atoms with Crippen molar-refractivity contribution in [3.63, 3.8) is 0 Å². The zero-order chi connectivity index (χ0) is 12.8. The second kappa shape index (κ2) is 6.73. The van der Waals surface area contributed by atoms with E-state index in [2.05, 4.69) is 42.5 Å². The van der Waals surface area contributed by atoms with Gasteiger partial charge in [-0.15, -0.1) is 0 Å². The van der Waals surface area contributed by atoms with Gasteiger partial charge in [0.25, 0.3) is 0 Å². The Bertz CT molecular complexity index is 438. The van der Waals surface area contributed by atoms with E-state index >= 15 is 0 Å². The van der Waals surface area contributed by atoms with Crippen molar-refractivity contribution < 1.29 is 14.7 Å². The zero-order valence-corrected chi connectivity index (χ0v) is 11.8. The average Bonchev–Trinajstić information content (AvgIpc) is 2.21. The first-order valence-electron chi connectivity index (χ1n) is 4.66. The lowest BCUT2D eigenvalue weighted by Crippen LogP contribution is -2.31. The van der Waals surface area contributed by atoms with Crippen LogP contribution in [0.5, 0.6) is 0 Å². The molecule has 0 unspecified atom stereocenters. The number of benzene rings is 1. The molecule has 0 saturated carbocycles. The number of rotatable bonds is 5. The molecule has 0 fully saturated rings. The molecule has 1 aromatic carbocycles. The Balaban J connectivity index is 2.48. The van der Waals surface area contributed by atoms with Crippen LogP contribution in [0.2, 0.25) is 0 Å². The molecule has 92 valence electrons. The largest absolute Gasteiger partial charge is 0.480 e. The first-order valence-corrected chi connectivity index (χ1v) is 6.25. The lowest BCUT2D eigenvalue weighted by molar-refractivity contribution is -0.135. The highest BCUT2D eigenvalue weighted by atomic mass is 79.9. The highest BCUT2D eigenvalue weighted by molar-refractivity contribution is 9.11. The van der Waals surface area contributed by atoms with Crippen molar-refractivity contribution in [3.8, 4) is 0 Å². The minimum Gasteiger partial charge on any atom is -0.480 e. The van der Waals surface area contributed by atoms with Crippen LogP contribution in [-0.4, -0.2) is 30.1 Å². The summed E-state index contributed by atoms with van der Waals surface area (Å²) >= 11 is 6.61. The molecule has 0 aliphatic carbocycles. The van der Waals surface area contributed by atoms with Crippen LogP contribution in [0.3, 0.4) is 0 Å². The van der Waals surface area contributed by atoms with Crippen molar-refractivity contribution in [2.24, 2.45) is 0 Å². The number of carboxylic acids is 1. The van der Waals surface area contributed by atoms with Crippen molar-refractivity contribution in [2.75, 3.05) is 18.4 Å². The van der Waals surface area contributed by atoms with E-state index in [9.17, 15) is 9.59 Å². The monoisotopic (exact) mass is 364 g/mol. The smallest absolute Gasteiger partial charge is 0.317 e. The van der Waals surface area contributed by atoms with E-state index in [1.165, 1.54) is 0 Å². The molecule has 1 aromatic rings. The van der Waals surface area contributed by atoms with Crippen molar-refractivity contribution in [1.29, 1.82) is 0 Å². The normalized spacial score (nSPS) is 10.0. The molecular weight excluding hydrogens is 356 g/mol. The van der Waals surface area contributed by atoms with Gasteiger partial charge in [0.2, 0.25) is 5.91 Å². The van der Waals surface area contributed by atoms with E-state index in [4.69, 9.17) is 5.11 Å². The SMILES string of the molecule is O=C(O)CNCC(=O)Nc1ccc(Br)cc1Br. The Labute approximate surface area is 115 Å². The summed E-state index contributed by atoms with van der Waals surface area (Å²) in [6.45, 7) is -0.288. The first kappa shape index (κ1) is 14.1. The van der Waals surface area contributed by atoms with Gasteiger partial charge in [-0.05, 0) is 34.1 Å². The Morgan fingerprint density at radius 3 is 2.53 bits per heavy atom. The van der Waals surface area contributed by atoms with Gasteiger partial charge in [-0.1, -0.05) is 15.9 Å². The molecule has 7 heteroatoms. The molecule has 0 aliphatic rings. The molecule has 0 saturated heterocycles. The Morgan fingerprint density at radius 1 is 1.24 bits per heavy atom. The van der Waals surface area contributed by atoms with Crippen LogP contribution in [0, 0.1) is 0 Å². The molecule has 1 amide bonds. The maximum absolute atomic E-state index is 11.4. The summed E-state index contributed by atoms with van der Waals surface area (Å²) < 4.78 is 1.64. The molecule has 0 heterocycles. The quantitative estimate of drug-likeness (QED) is 0.743. The van der Waals surface area contributed by atoms with Crippen molar-refractivity contribution in [2.45, 2.75) is 0 Å². The number of halogens is 2. The number of amides is 1. The molecule has 0 bridgehead atoms. The van der Waals surface area contributed by atoms with Crippen molar-refractivity contribution >= 4 is 49.4 Å². The van der Waals surface area contributed by atoms with E-state index in [0.717, 1.165) is 8.95 Å². The third-order valence-corrected chi connectivity index (χ3v) is 2.92. The molecular formula is C10H10Br2N2O3. The zero-order valence-electron chi connectivity index (χ0n) is 8.67. The average molecular weight is 366 g/mol. The summed E-state index contributed by atoms with van der Waals surface area (Å²) in [4.78, 5) is 21.7. The number of hydrogen-bond donors (Lipinski definition) is 3. The number of hydrogen-bond acceptors (Lipinski definition) is 3. The molecule has 0 radical (unpaired) electrons. The third kappa shape index (κ3) is 5.29. The van der Waals surface area contributed by atoms with Gasteiger partial charge < -0.3 is 10.4 Å². The van der Waals surface area contributed by atoms with E-state index < -0.39 is 5.97 Å². The second-order valence-corrected chi connectivity index (χ2v) is 4.94. The predicted molar refractivity (Wildman–Crippen MR) is 71.0 cm³/mol. The van der Waals surface area contributed by atoms with Gasteiger partial charge in [0.15, 0.2) is 0 Å². The number of carbonyl (C=O) groups excluding carboxylic acids is 1. The first-order chi connectivity index (χ1) is 7.99. The van der Waals surface area contributed by atoms with Crippen LogP contribution in [0.4, 0.5) is 5.69 Å². The van der Waals surface area contributed by atoms with Crippen LogP contribution < -0.4 is 10.6 Å². The Morgan fingerprint density at radius 2 is 1.94 bits per heavy atom. The summed E-state index contributed by atoms with van der Waals surface area (Å²) in [6, 6.07) is 5.34. The Hall–Kier alpha value is -0.920. The van der Waals surface area contributed by atoms with Crippen LogP contribution in [-0.2, 0) is 9.59 Å². The van der Waals surface area contributed by atoms with E-state index in [0.29, 0.717) is 5.69 Å². The minimum atomic E-state index is -0.998. The van der Waals surface area contributed by atoms with Gasteiger partial charge in [0.1, 0.15) is 0 Å². The van der Waals surface area contributed by atoms with Gasteiger partial charge in [0, 0.05) is 8.95 Å². The number of carboxylic acid groups (broad SMARTS) is 1. The van der Waals surface area contributed by atoms with E-state index in [1.807, 2.05) is 0 Å². The number of aliphatic carboxylic acids is 1. The minimum absolute atomic E-state index is 0.0468. The van der Waals surface area contributed by atoms with Gasteiger partial charge in [-0.2, -0.15) is 0 Å². The molecule has 0 aliphatic heterocycles. The fraction of sp³-hybridized carbons (Fsp3) is 0.200. The fourth-order valence-electron chi connectivity index (χ4n) is 1.07. The third-order valence-electron chi connectivity index (χ3n) is 1.77. The summed E-state index contributed by atoms with van der Waals surface area (Å²) in [5, 5.41) is 13.5. The number of nitrogens with one attached hydrogen (secondary N) is 2. The van der Waals surface area contributed by atoms with Crippen LogP contribution in [0.1, 0.15) is 0 Å². The lowest BCUT2D eigenvalue weighted by atomic mass is 10.3. The second-order valence-electron chi connectivity index (χ2n) is 3.17. The fourth-order valence-corrected chi connectivity index (χ4v) is 2.21. The summed E-state index contributed by atoms with van der Waals surface area (Å²) in [5.41, 5.74) is 0.635. The van der Waals surface area contributed by atoms with Gasteiger partial charge in [-0.25, -0.2) is 0 Å². The van der Waals surface area contributed by atoms with E-state index in [-0.39, 0.29) is 19.0 Å². The molecule has 17 heavy (non-hydrogen) atoms. The highest BCUT2D eigenvalue weighted by Gasteiger charge is 2.06. The number of carbonyl (C=O) groups is 2. The number of anilines is 1. The van der Waals surface area contributed by atoms with Crippen LogP contribution in [0.25, 0.3) is 0 Å². The van der Waals surface area contributed by atoms with E-state index in [1.54, 1.807) is 18.2 Å². The summed E-state index contributed by atoms with van der Waals surface area (Å²) in [5.74, 6) is -1.29. The maximum atomic E-state index is 11.4. The van der Waals surface area contributed by atoms with Crippen LogP contribution in [0.15, 0.2) is 27.1 Å². The maximum Gasteiger partial charge on any atom is 0.317 e. The van der Waals surface area contributed by atoms with Crippen molar-refractivity contribution in [3.05, 3.63) is 27.1 Å². The molecule has 0 aromatic heterocycles.